The van der Waals surface area contributed by atoms with E-state index in [1.165, 1.54) is 11.8 Å². The van der Waals surface area contributed by atoms with Crippen LogP contribution >= 0.6 is 11.8 Å². The maximum absolute atomic E-state index is 8.49. The van der Waals surface area contributed by atoms with Crippen LogP contribution in [0.25, 0.3) is 0 Å². The zero-order valence-corrected chi connectivity index (χ0v) is 9.72. The van der Waals surface area contributed by atoms with Crippen LogP contribution in [0.15, 0.2) is 17.1 Å². The van der Waals surface area contributed by atoms with E-state index in [1.807, 2.05) is 38.4 Å². The van der Waals surface area contributed by atoms with Crippen molar-refractivity contribution in [2.75, 3.05) is 6.26 Å². The van der Waals surface area contributed by atoms with Gasteiger partial charge in [-0.05, 0) is 32.2 Å². The summed E-state index contributed by atoms with van der Waals surface area (Å²) in [7, 11) is 0. The highest BCUT2D eigenvalue weighted by Crippen LogP contribution is 2.15. The molecule has 0 saturated heterocycles. The first-order valence-corrected chi connectivity index (χ1v) is 5.61. The number of pyridine rings is 1. The van der Waals surface area contributed by atoms with Crippen LogP contribution in [0.4, 0.5) is 5.69 Å². The van der Waals surface area contributed by atoms with Crippen LogP contribution in [0.1, 0.15) is 11.4 Å². The molecule has 1 aromatic rings. The SMILES string of the molecule is CSC(=Nc1cc(C)nc(C)c1)NC#N. The minimum absolute atomic E-state index is 0.586. The average Bonchev–Trinajstić information content (AvgIpc) is 2.15. The van der Waals surface area contributed by atoms with Gasteiger partial charge in [0.1, 0.15) is 0 Å². The quantitative estimate of drug-likeness (QED) is 0.341. The number of nitrogens with zero attached hydrogens (tertiary/aromatic N) is 3. The van der Waals surface area contributed by atoms with Gasteiger partial charge in [0.25, 0.3) is 0 Å². The normalized spacial score (nSPS) is 10.9. The zero-order chi connectivity index (χ0) is 11.3. The Morgan fingerprint density at radius 1 is 1.47 bits per heavy atom. The first-order chi connectivity index (χ1) is 7.15. The highest BCUT2D eigenvalue weighted by atomic mass is 32.2. The number of thioether (sulfide) groups is 1. The van der Waals surface area contributed by atoms with Crippen molar-refractivity contribution in [1.82, 2.24) is 10.3 Å². The monoisotopic (exact) mass is 220 g/mol. The van der Waals surface area contributed by atoms with Crippen LogP contribution in [0.5, 0.6) is 0 Å². The van der Waals surface area contributed by atoms with E-state index >= 15 is 0 Å². The molecule has 5 heteroatoms. The summed E-state index contributed by atoms with van der Waals surface area (Å²) in [5, 5.41) is 11.6. The smallest absolute Gasteiger partial charge is 0.183 e. The zero-order valence-electron chi connectivity index (χ0n) is 8.90. The van der Waals surface area contributed by atoms with Gasteiger partial charge in [-0.1, -0.05) is 11.8 Å². The second-order valence-electron chi connectivity index (χ2n) is 2.97. The third kappa shape index (κ3) is 3.60. The predicted octanol–water partition coefficient (Wildman–Crippen LogP) is 2.12. The van der Waals surface area contributed by atoms with Crippen molar-refractivity contribution in [3.8, 4) is 6.19 Å². The molecule has 1 N–H and O–H groups in total. The van der Waals surface area contributed by atoms with Gasteiger partial charge >= 0.3 is 0 Å². The molecule has 0 amide bonds. The summed E-state index contributed by atoms with van der Waals surface area (Å²) in [5.74, 6) is 0. The van der Waals surface area contributed by atoms with Gasteiger partial charge < -0.3 is 0 Å². The van der Waals surface area contributed by atoms with Gasteiger partial charge in [0.2, 0.25) is 0 Å². The lowest BCUT2D eigenvalue weighted by Gasteiger charge is -2.01. The Morgan fingerprint density at radius 2 is 2.07 bits per heavy atom. The third-order valence-electron chi connectivity index (χ3n) is 1.65. The molecule has 0 aliphatic heterocycles. The summed E-state index contributed by atoms with van der Waals surface area (Å²) in [6, 6.07) is 3.75. The van der Waals surface area contributed by atoms with Crippen molar-refractivity contribution in [2.24, 2.45) is 4.99 Å². The van der Waals surface area contributed by atoms with E-state index in [4.69, 9.17) is 5.26 Å². The Bertz CT molecular complexity index is 400. The molecule has 0 aromatic carbocycles. The van der Waals surface area contributed by atoms with Crippen molar-refractivity contribution in [2.45, 2.75) is 13.8 Å². The number of nitrogens with one attached hydrogen (secondary N) is 1. The number of aliphatic imine (C=N–C) groups is 1. The number of hydrogen-bond acceptors (Lipinski definition) is 4. The molecule has 0 aliphatic carbocycles. The number of amidine groups is 1. The Labute approximate surface area is 93.4 Å². The summed E-state index contributed by atoms with van der Waals surface area (Å²) in [4.78, 5) is 8.55. The van der Waals surface area contributed by atoms with E-state index in [0.29, 0.717) is 5.17 Å². The molecular formula is C10H12N4S. The second-order valence-corrected chi connectivity index (χ2v) is 3.76. The van der Waals surface area contributed by atoms with Crippen LogP contribution in [0, 0.1) is 25.3 Å². The second kappa shape index (κ2) is 5.37. The highest BCUT2D eigenvalue weighted by Gasteiger charge is 1.98. The van der Waals surface area contributed by atoms with Crippen LogP contribution in [-0.4, -0.2) is 16.4 Å². The molecule has 0 unspecified atom stereocenters. The van der Waals surface area contributed by atoms with Gasteiger partial charge in [-0.3, -0.25) is 10.3 Å². The average molecular weight is 220 g/mol. The number of aryl methyl sites for hydroxylation is 2. The fraction of sp³-hybridized carbons (Fsp3) is 0.300. The molecule has 1 rings (SSSR count). The van der Waals surface area contributed by atoms with Crippen molar-refractivity contribution in [3.05, 3.63) is 23.5 Å². The van der Waals surface area contributed by atoms with Crippen LogP contribution in [0.3, 0.4) is 0 Å². The lowest BCUT2D eigenvalue weighted by atomic mass is 10.3. The molecule has 0 bridgehead atoms. The molecule has 0 fully saturated rings. The van der Waals surface area contributed by atoms with Crippen molar-refractivity contribution >= 4 is 22.6 Å². The topological polar surface area (TPSA) is 61.1 Å². The molecule has 0 spiro atoms. The lowest BCUT2D eigenvalue weighted by Crippen LogP contribution is -2.12. The summed E-state index contributed by atoms with van der Waals surface area (Å²) in [5.41, 5.74) is 2.66. The Hall–Kier alpha value is -1.54. The molecule has 0 saturated carbocycles. The molecule has 15 heavy (non-hydrogen) atoms. The predicted molar refractivity (Wildman–Crippen MR) is 63.1 cm³/mol. The van der Waals surface area contributed by atoms with E-state index < -0.39 is 0 Å². The molecule has 1 heterocycles. The molecule has 4 nitrogen and oxygen atoms in total. The van der Waals surface area contributed by atoms with Gasteiger partial charge in [0.15, 0.2) is 11.4 Å². The van der Waals surface area contributed by atoms with Crippen LogP contribution in [0.2, 0.25) is 0 Å². The summed E-state index contributed by atoms with van der Waals surface area (Å²) in [6.07, 6.45) is 3.72. The Morgan fingerprint density at radius 3 is 2.53 bits per heavy atom. The van der Waals surface area contributed by atoms with Gasteiger partial charge in [0, 0.05) is 11.4 Å². The highest BCUT2D eigenvalue weighted by molar-refractivity contribution is 8.13. The standard InChI is InChI=1S/C10H12N4S/c1-7-4-9(5-8(2)13-7)14-10(15-3)12-6-11/h4-5H,1-3H3,(H,12,13,14). The fourth-order valence-corrected chi connectivity index (χ4v) is 1.51. The van der Waals surface area contributed by atoms with E-state index in [9.17, 15) is 0 Å². The van der Waals surface area contributed by atoms with E-state index in [1.54, 1.807) is 0 Å². The van der Waals surface area contributed by atoms with Crippen molar-refractivity contribution in [1.29, 1.82) is 5.26 Å². The number of rotatable bonds is 1. The molecule has 0 aliphatic rings. The minimum Gasteiger partial charge on any atom is -0.271 e. The Kier molecular flexibility index (Phi) is 4.13. The maximum Gasteiger partial charge on any atom is 0.183 e. The van der Waals surface area contributed by atoms with Crippen LogP contribution in [-0.2, 0) is 0 Å². The fourth-order valence-electron chi connectivity index (χ4n) is 1.17. The largest absolute Gasteiger partial charge is 0.271 e. The molecule has 78 valence electrons. The molecular weight excluding hydrogens is 208 g/mol. The van der Waals surface area contributed by atoms with Crippen molar-refractivity contribution < 1.29 is 0 Å². The van der Waals surface area contributed by atoms with E-state index in [-0.39, 0.29) is 0 Å². The maximum atomic E-state index is 8.49. The lowest BCUT2D eigenvalue weighted by molar-refractivity contribution is 1.12. The van der Waals surface area contributed by atoms with E-state index in [2.05, 4.69) is 15.3 Å². The van der Waals surface area contributed by atoms with Gasteiger partial charge in [0.05, 0.1) is 5.69 Å². The first-order valence-electron chi connectivity index (χ1n) is 4.39. The van der Waals surface area contributed by atoms with E-state index in [0.717, 1.165) is 17.1 Å². The van der Waals surface area contributed by atoms with Crippen LogP contribution < -0.4 is 5.32 Å². The van der Waals surface area contributed by atoms with Gasteiger partial charge in [-0.2, -0.15) is 5.26 Å². The third-order valence-corrected chi connectivity index (χ3v) is 2.23. The molecule has 1 aromatic heterocycles. The number of nitriles is 1. The molecule has 0 radical (unpaired) electrons. The summed E-state index contributed by atoms with van der Waals surface area (Å²) >= 11 is 1.40. The number of hydrogen-bond donors (Lipinski definition) is 1. The summed E-state index contributed by atoms with van der Waals surface area (Å²) in [6.45, 7) is 3.84. The first kappa shape index (κ1) is 11.5. The molecule has 0 atom stereocenters. The Balaban J connectivity index is 3.01. The van der Waals surface area contributed by atoms with Gasteiger partial charge in [-0.15, -0.1) is 0 Å². The van der Waals surface area contributed by atoms with Crippen molar-refractivity contribution in [3.63, 3.8) is 0 Å². The van der Waals surface area contributed by atoms with Gasteiger partial charge in [-0.25, -0.2) is 4.99 Å². The number of aromatic nitrogens is 1. The summed E-state index contributed by atoms with van der Waals surface area (Å²) < 4.78 is 0. The minimum atomic E-state index is 0.586.